The molecule has 316 valence electrons. The first-order valence-corrected chi connectivity index (χ1v) is 23.4. The molecule has 0 radical (unpaired) electrons. The molecular formula is C46H91NO6. The van der Waals surface area contributed by atoms with Gasteiger partial charge >= 0.3 is 12.1 Å². The average Bonchev–Trinajstić information content (AvgIpc) is 3.15. The topological polar surface area (TPSA) is 85.3 Å². The Balaban J connectivity index is 3.87. The second-order valence-electron chi connectivity index (χ2n) is 15.9. The quantitative estimate of drug-likeness (QED) is 0.0490. The number of aliphatic hydroxyl groups is 1. The number of hydrogen-bond donors (Lipinski definition) is 1. The fraction of sp³-hybridized carbons (Fsp3) is 0.957. The highest BCUT2D eigenvalue weighted by atomic mass is 16.7. The number of esters is 1. The van der Waals surface area contributed by atoms with Crippen LogP contribution >= 0.6 is 0 Å². The molecule has 53 heavy (non-hydrogen) atoms. The van der Waals surface area contributed by atoms with Crippen LogP contribution < -0.4 is 0 Å². The zero-order chi connectivity index (χ0) is 38.7. The summed E-state index contributed by atoms with van der Waals surface area (Å²) in [5, 5.41) is 9.53. The Morgan fingerprint density at radius 1 is 0.453 bits per heavy atom. The molecule has 1 N–H and O–H groups in total. The van der Waals surface area contributed by atoms with Gasteiger partial charge < -0.3 is 24.2 Å². The molecule has 0 saturated heterocycles. The first kappa shape index (κ1) is 51.7. The third-order valence-corrected chi connectivity index (χ3v) is 10.6. The summed E-state index contributed by atoms with van der Waals surface area (Å²) in [5.74, 6) is -0.0241. The van der Waals surface area contributed by atoms with Gasteiger partial charge in [0.2, 0.25) is 0 Å². The highest BCUT2D eigenvalue weighted by Gasteiger charge is 2.15. The minimum Gasteiger partial charge on any atom is -0.466 e. The lowest BCUT2D eigenvalue weighted by molar-refractivity contribution is -0.143. The van der Waals surface area contributed by atoms with Crippen molar-refractivity contribution in [3.63, 3.8) is 0 Å². The Labute approximate surface area is 329 Å². The van der Waals surface area contributed by atoms with E-state index in [1.165, 1.54) is 141 Å². The summed E-state index contributed by atoms with van der Waals surface area (Å²) >= 11 is 0. The SMILES string of the molecule is CCCCCCCCCCC(CCCCCCC)OC(=O)OCCCCCCCCN(CCO)CCCCCCCCOC(=O)CCCCCCCC. The summed E-state index contributed by atoms with van der Waals surface area (Å²) in [6.07, 6.45) is 39.4. The standard InChI is InChI=1S/C46H91NO6/c1-4-7-10-13-15-16-22-29-36-44(35-28-21-12-9-6-3)53-46(50)52-43-34-27-20-18-25-32-39-47(40-41-48)38-31-24-17-19-26-33-42-51-45(49)37-30-23-14-11-8-5-2/h44,48H,4-43H2,1-3H3. The maximum Gasteiger partial charge on any atom is 0.508 e. The highest BCUT2D eigenvalue weighted by molar-refractivity contribution is 5.69. The number of rotatable bonds is 43. The van der Waals surface area contributed by atoms with E-state index in [9.17, 15) is 14.7 Å². The maximum atomic E-state index is 12.5. The van der Waals surface area contributed by atoms with Gasteiger partial charge in [0.15, 0.2) is 0 Å². The van der Waals surface area contributed by atoms with Gasteiger partial charge in [-0.25, -0.2) is 4.79 Å². The number of carbonyl (C=O) groups excluding carboxylic acids is 2. The molecule has 0 aromatic rings. The van der Waals surface area contributed by atoms with E-state index in [0.717, 1.165) is 90.3 Å². The summed E-state index contributed by atoms with van der Waals surface area (Å²) in [5.41, 5.74) is 0. The van der Waals surface area contributed by atoms with Gasteiger partial charge in [-0.2, -0.15) is 0 Å². The van der Waals surface area contributed by atoms with Crippen LogP contribution in [0.4, 0.5) is 4.79 Å². The smallest absolute Gasteiger partial charge is 0.466 e. The van der Waals surface area contributed by atoms with Crippen LogP contribution in [0.5, 0.6) is 0 Å². The lowest BCUT2D eigenvalue weighted by Crippen LogP contribution is -2.29. The van der Waals surface area contributed by atoms with Gasteiger partial charge in [0.05, 0.1) is 19.8 Å². The van der Waals surface area contributed by atoms with Crippen molar-refractivity contribution < 1.29 is 28.9 Å². The predicted octanol–water partition coefficient (Wildman–Crippen LogP) is 13.7. The highest BCUT2D eigenvalue weighted by Crippen LogP contribution is 2.18. The fourth-order valence-corrected chi connectivity index (χ4v) is 7.14. The Bertz CT molecular complexity index is 750. The molecule has 0 spiro atoms. The van der Waals surface area contributed by atoms with Crippen molar-refractivity contribution in [3.05, 3.63) is 0 Å². The van der Waals surface area contributed by atoms with Crippen LogP contribution in [0.1, 0.15) is 239 Å². The summed E-state index contributed by atoms with van der Waals surface area (Å²) in [7, 11) is 0. The van der Waals surface area contributed by atoms with E-state index in [4.69, 9.17) is 14.2 Å². The van der Waals surface area contributed by atoms with Crippen LogP contribution in [0.2, 0.25) is 0 Å². The van der Waals surface area contributed by atoms with Crippen LogP contribution in [0, 0.1) is 0 Å². The summed E-state index contributed by atoms with van der Waals surface area (Å²) in [4.78, 5) is 26.8. The lowest BCUT2D eigenvalue weighted by atomic mass is 10.0. The fourth-order valence-electron chi connectivity index (χ4n) is 7.14. The van der Waals surface area contributed by atoms with Crippen molar-refractivity contribution >= 4 is 12.1 Å². The Morgan fingerprint density at radius 3 is 1.28 bits per heavy atom. The Kier molecular flexibility index (Phi) is 42.3. The number of aliphatic hydroxyl groups excluding tert-OH is 1. The Morgan fingerprint density at radius 2 is 0.830 bits per heavy atom. The van der Waals surface area contributed by atoms with Gasteiger partial charge in [0.1, 0.15) is 6.10 Å². The lowest BCUT2D eigenvalue weighted by Gasteiger charge is -2.21. The summed E-state index contributed by atoms with van der Waals surface area (Å²) < 4.78 is 16.7. The number of carbonyl (C=O) groups is 2. The monoisotopic (exact) mass is 754 g/mol. The molecule has 0 fully saturated rings. The third kappa shape index (κ3) is 40.1. The molecule has 0 aliphatic rings. The van der Waals surface area contributed by atoms with E-state index in [1.807, 2.05) is 0 Å². The van der Waals surface area contributed by atoms with Crippen LogP contribution in [-0.2, 0) is 19.0 Å². The van der Waals surface area contributed by atoms with Crippen molar-refractivity contribution in [1.82, 2.24) is 4.90 Å². The molecule has 7 heteroatoms. The largest absolute Gasteiger partial charge is 0.508 e. The molecule has 0 aromatic carbocycles. The molecule has 0 aliphatic carbocycles. The van der Waals surface area contributed by atoms with Crippen LogP contribution in [0.25, 0.3) is 0 Å². The van der Waals surface area contributed by atoms with Gasteiger partial charge in [0.25, 0.3) is 0 Å². The predicted molar refractivity (Wildman–Crippen MR) is 225 cm³/mol. The number of ether oxygens (including phenoxy) is 3. The molecule has 0 rings (SSSR count). The molecule has 1 atom stereocenters. The summed E-state index contributed by atoms with van der Waals surface area (Å²) in [6.45, 7) is 10.8. The van der Waals surface area contributed by atoms with E-state index < -0.39 is 6.16 Å². The summed E-state index contributed by atoms with van der Waals surface area (Å²) in [6, 6.07) is 0. The normalized spacial score (nSPS) is 12.0. The van der Waals surface area contributed by atoms with Crippen molar-refractivity contribution in [2.24, 2.45) is 0 Å². The second kappa shape index (κ2) is 43.4. The molecule has 0 aromatic heterocycles. The average molecular weight is 754 g/mol. The first-order chi connectivity index (χ1) is 26.1. The van der Waals surface area contributed by atoms with Gasteiger partial charge in [0, 0.05) is 13.0 Å². The van der Waals surface area contributed by atoms with Gasteiger partial charge in [-0.15, -0.1) is 0 Å². The second-order valence-corrected chi connectivity index (χ2v) is 15.9. The Hall–Kier alpha value is -1.34. The molecule has 0 amide bonds. The van der Waals surface area contributed by atoms with Crippen LogP contribution in [-0.4, -0.2) is 67.7 Å². The molecule has 0 bridgehead atoms. The van der Waals surface area contributed by atoms with Gasteiger partial charge in [-0.1, -0.05) is 175 Å². The van der Waals surface area contributed by atoms with E-state index in [2.05, 4.69) is 25.7 Å². The van der Waals surface area contributed by atoms with E-state index in [1.54, 1.807) is 0 Å². The molecule has 0 heterocycles. The molecule has 7 nitrogen and oxygen atoms in total. The van der Waals surface area contributed by atoms with E-state index in [0.29, 0.717) is 19.6 Å². The number of nitrogens with zero attached hydrogens (tertiary/aromatic N) is 1. The third-order valence-electron chi connectivity index (χ3n) is 10.6. The van der Waals surface area contributed by atoms with Gasteiger partial charge in [-0.05, 0) is 70.9 Å². The van der Waals surface area contributed by atoms with Crippen LogP contribution in [0.3, 0.4) is 0 Å². The zero-order valence-electron chi connectivity index (χ0n) is 35.8. The minimum atomic E-state index is -0.469. The van der Waals surface area contributed by atoms with Crippen molar-refractivity contribution in [3.8, 4) is 0 Å². The molecular weight excluding hydrogens is 663 g/mol. The number of hydrogen-bond acceptors (Lipinski definition) is 7. The maximum absolute atomic E-state index is 12.5. The van der Waals surface area contributed by atoms with Gasteiger partial charge in [-0.3, -0.25) is 4.79 Å². The minimum absolute atomic E-state index is 0.00301. The van der Waals surface area contributed by atoms with Crippen LogP contribution in [0.15, 0.2) is 0 Å². The molecule has 0 saturated carbocycles. The van der Waals surface area contributed by atoms with E-state index in [-0.39, 0.29) is 18.7 Å². The van der Waals surface area contributed by atoms with Crippen molar-refractivity contribution in [2.75, 3.05) is 39.5 Å². The van der Waals surface area contributed by atoms with E-state index >= 15 is 0 Å². The van der Waals surface area contributed by atoms with Crippen molar-refractivity contribution in [1.29, 1.82) is 0 Å². The number of unbranched alkanes of at least 4 members (excludes halogenated alkanes) is 26. The first-order valence-electron chi connectivity index (χ1n) is 23.4. The van der Waals surface area contributed by atoms with Crippen molar-refractivity contribution in [2.45, 2.75) is 245 Å². The molecule has 0 aliphatic heterocycles. The zero-order valence-corrected chi connectivity index (χ0v) is 35.8. The molecule has 1 unspecified atom stereocenters.